The Morgan fingerprint density at radius 1 is 1.36 bits per heavy atom. The molecule has 14 heavy (non-hydrogen) atoms. The second kappa shape index (κ2) is 4.91. The predicted octanol–water partition coefficient (Wildman–Crippen LogP) is 2.23. The van der Waals surface area contributed by atoms with E-state index < -0.39 is 0 Å². The van der Waals surface area contributed by atoms with Crippen LogP contribution in [0.15, 0.2) is 16.8 Å². The van der Waals surface area contributed by atoms with E-state index in [4.69, 9.17) is 5.73 Å². The number of hydrogen-bond donors (Lipinski definition) is 1. The zero-order chi connectivity index (χ0) is 9.80. The van der Waals surface area contributed by atoms with E-state index in [2.05, 4.69) is 21.7 Å². The molecule has 0 spiro atoms. The summed E-state index contributed by atoms with van der Waals surface area (Å²) in [5.41, 5.74) is 7.26. The van der Waals surface area contributed by atoms with Gasteiger partial charge in [-0.25, -0.2) is 0 Å². The number of nitrogens with two attached hydrogens (primary N) is 1. The van der Waals surface area contributed by atoms with Gasteiger partial charge in [-0.05, 0) is 48.3 Å². The topological polar surface area (TPSA) is 29.3 Å². The molecule has 3 heteroatoms. The van der Waals surface area contributed by atoms with Crippen LogP contribution in [0.1, 0.15) is 30.9 Å². The molecule has 0 aromatic carbocycles. The third-order valence-electron chi connectivity index (χ3n) is 2.98. The molecule has 0 bridgehead atoms. The van der Waals surface area contributed by atoms with Gasteiger partial charge in [0.25, 0.3) is 0 Å². The summed E-state index contributed by atoms with van der Waals surface area (Å²) >= 11 is 1.77. The first-order valence-corrected chi connectivity index (χ1v) is 6.32. The largest absolute Gasteiger partial charge is 0.329 e. The highest BCUT2D eigenvalue weighted by molar-refractivity contribution is 7.07. The van der Waals surface area contributed by atoms with Crippen LogP contribution in [0.25, 0.3) is 0 Å². The molecular weight excluding hydrogens is 192 g/mol. The molecule has 1 fully saturated rings. The molecular formula is C11H18N2S. The molecule has 0 saturated carbocycles. The monoisotopic (exact) mass is 210 g/mol. The molecule has 1 aromatic rings. The van der Waals surface area contributed by atoms with Gasteiger partial charge >= 0.3 is 0 Å². The van der Waals surface area contributed by atoms with E-state index in [0.29, 0.717) is 6.04 Å². The molecule has 1 aliphatic rings. The second-order valence-corrected chi connectivity index (χ2v) is 4.68. The van der Waals surface area contributed by atoms with Gasteiger partial charge in [0.05, 0.1) is 0 Å². The molecule has 1 aliphatic heterocycles. The van der Waals surface area contributed by atoms with E-state index in [1.165, 1.54) is 37.9 Å². The minimum Gasteiger partial charge on any atom is -0.329 e. The maximum absolute atomic E-state index is 5.86. The van der Waals surface area contributed by atoms with Crippen molar-refractivity contribution in [3.63, 3.8) is 0 Å². The molecule has 0 amide bonds. The smallest absolute Gasteiger partial charge is 0.0478 e. The van der Waals surface area contributed by atoms with Crippen molar-refractivity contribution in [3.05, 3.63) is 22.4 Å². The average Bonchev–Trinajstić information content (AvgIpc) is 2.74. The average molecular weight is 210 g/mol. The van der Waals surface area contributed by atoms with Crippen molar-refractivity contribution in [1.29, 1.82) is 0 Å². The summed E-state index contributed by atoms with van der Waals surface area (Å²) in [7, 11) is 0. The van der Waals surface area contributed by atoms with Gasteiger partial charge in [-0.3, -0.25) is 4.90 Å². The van der Waals surface area contributed by atoms with E-state index in [1.54, 1.807) is 11.3 Å². The van der Waals surface area contributed by atoms with Crippen LogP contribution < -0.4 is 5.73 Å². The Hall–Kier alpha value is -0.380. The lowest BCUT2D eigenvalue weighted by Crippen LogP contribution is -2.37. The van der Waals surface area contributed by atoms with Gasteiger partial charge in [-0.1, -0.05) is 6.42 Å². The van der Waals surface area contributed by atoms with Crippen LogP contribution >= 0.6 is 11.3 Å². The summed E-state index contributed by atoms with van der Waals surface area (Å²) in [6, 6.07) is 2.66. The van der Waals surface area contributed by atoms with Gasteiger partial charge in [0.2, 0.25) is 0 Å². The molecule has 2 heterocycles. The number of hydrogen-bond acceptors (Lipinski definition) is 3. The molecule has 0 radical (unpaired) electrons. The van der Waals surface area contributed by atoms with Crippen LogP contribution in [0.3, 0.4) is 0 Å². The Kier molecular flexibility index (Phi) is 3.56. The van der Waals surface area contributed by atoms with E-state index in [0.717, 1.165) is 6.54 Å². The summed E-state index contributed by atoms with van der Waals surface area (Å²) in [5.74, 6) is 0. The van der Waals surface area contributed by atoms with Crippen LogP contribution in [-0.4, -0.2) is 24.5 Å². The number of piperidine rings is 1. The Morgan fingerprint density at radius 2 is 2.14 bits per heavy atom. The first-order valence-electron chi connectivity index (χ1n) is 5.38. The van der Waals surface area contributed by atoms with Crippen molar-refractivity contribution in [1.82, 2.24) is 4.90 Å². The lowest BCUT2D eigenvalue weighted by Gasteiger charge is -2.33. The molecule has 0 aliphatic carbocycles. The fraction of sp³-hybridized carbons (Fsp3) is 0.636. The molecule has 2 N–H and O–H groups in total. The summed E-state index contributed by atoms with van der Waals surface area (Å²) in [5, 5.41) is 4.37. The van der Waals surface area contributed by atoms with Crippen LogP contribution in [0.2, 0.25) is 0 Å². The zero-order valence-corrected chi connectivity index (χ0v) is 9.30. The summed E-state index contributed by atoms with van der Waals surface area (Å²) < 4.78 is 0. The van der Waals surface area contributed by atoms with E-state index in [1.807, 2.05) is 0 Å². The zero-order valence-electron chi connectivity index (χ0n) is 8.48. The van der Waals surface area contributed by atoms with Gasteiger partial charge < -0.3 is 5.73 Å². The molecule has 1 saturated heterocycles. The van der Waals surface area contributed by atoms with E-state index >= 15 is 0 Å². The highest BCUT2D eigenvalue weighted by atomic mass is 32.1. The third kappa shape index (κ3) is 2.16. The molecule has 1 aromatic heterocycles. The fourth-order valence-corrected chi connectivity index (χ4v) is 2.90. The SMILES string of the molecule is NCC(c1ccsc1)N1CCCCC1. The first kappa shape index (κ1) is 10.1. The van der Waals surface area contributed by atoms with Crippen molar-refractivity contribution in [2.24, 2.45) is 5.73 Å². The predicted molar refractivity (Wildman–Crippen MR) is 61.5 cm³/mol. The molecule has 1 atom stereocenters. The van der Waals surface area contributed by atoms with Crippen molar-refractivity contribution in [3.8, 4) is 0 Å². The number of rotatable bonds is 3. The van der Waals surface area contributed by atoms with Gasteiger partial charge in [0.15, 0.2) is 0 Å². The Labute approximate surface area is 89.7 Å². The molecule has 2 nitrogen and oxygen atoms in total. The number of thiophene rings is 1. The minimum absolute atomic E-state index is 0.460. The summed E-state index contributed by atoms with van der Waals surface area (Å²) in [6.45, 7) is 3.19. The standard InChI is InChI=1S/C11H18N2S/c12-8-11(10-4-7-14-9-10)13-5-2-1-3-6-13/h4,7,9,11H,1-3,5-6,8,12H2. The first-order chi connectivity index (χ1) is 6.92. The highest BCUT2D eigenvalue weighted by Crippen LogP contribution is 2.25. The maximum atomic E-state index is 5.86. The molecule has 1 unspecified atom stereocenters. The quantitative estimate of drug-likeness (QED) is 0.829. The third-order valence-corrected chi connectivity index (χ3v) is 3.68. The van der Waals surface area contributed by atoms with E-state index in [9.17, 15) is 0 Å². The van der Waals surface area contributed by atoms with Crippen molar-refractivity contribution in [2.75, 3.05) is 19.6 Å². The maximum Gasteiger partial charge on any atom is 0.0478 e. The van der Waals surface area contributed by atoms with Crippen LogP contribution in [0.4, 0.5) is 0 Å². The minimum atomic E-state index is 0.460. The van der Waals surface area contributed by atoms with Crippen molar-refractivity contribution < 1.29 is 0 Å². The molecule has 2 rings (SSSR count). The summed E-state index contributed by atoms with van der Waals surface area (Å²) in [6.07, 6.45) is 4.05. The number of nitrogens with zero attached hydrogens (tertiary/aromatic N) is 1. The lowest BCUT2D eigenvalue weighted by atomic mass is 10.0. The van der Waals surface area contributed by atoms with Gasteiger partial charge in [-0.15, -0.1) is 0 Å². The van der Waals surface area contributed by atoms with Crippen LogP contribution in [0.5, 0.6) is 0 Å². The summed E-state index contributed by atoms with van der Waals surface area (Å²) in [4.78, 5) is 2.53. The van der Waals surface area contributed by atoms with E-state index in [-0.39, 0.29) is 0 Å². The Morgan fingerprint density at radius 3 is 2.71 bits per heavy atom. The fourth-order valence-electron chi connectivity index (χ4n) is 2.19. The Bertz CT molecular complexity index is 252. The van der Waals surface area contributed by atoms with Gasteiger partial charge in [0.1, 0.15) is 0 Å². The van der Waals surface area contributed by atoms with Crippen molar-refractivity contribution >= 4 is 11.3 Å². The number of likely N-dealkylation sites (tertiary alicyclic amines) is 1. The second-order valence-electron chi connectivity index (χ2n) is 3.90. The van der Waals surface area contributed by atoms with Crippen LogP contribution in [0, 0.1) is 0 Å². The molecule has 78 valence electrons. The van der Waals surface area contributed by atoms with Crippen molar-refractivity contribution in [2.45, 2.75) is 25.3 Å². The van der Waals surface area contributed by atoms with Gasteiger partial charge in [-0.2, -0.15) is 11.3 Å². The lowest BCUT2D eigenvalue weighted by molar-refractivity contribution is 0.168. The Balaban J connectivity index is 2.04. The normalized spacial score (nSPS) is 20.9. The highest BCUT2D eigenvalue weighted by Gasteiger charge is 2.20. The van der Waals surface area contributed by atoms with Gasteiger partial charge in [0, 0.05) is 12.6 Å². The van der Waals surface area contributed by atoms with Crippen LogP contribution in [-0.2, 0) is 0 Å².